The lowest BCUT2D eigenvalue weighted by Crippen LogP contribution is -2.34. The van der Waals surface area contributed by atoms with E-state index in [0.717, 1.165) is 32.6 Å². The maximum Gasteiger partial charge on any atom is 0.255 e. The number of pyridine rings is 1. The van der Waals surface area contributed by atoms with Crippen molar-refractivity contribution in [2.45, 2.75) is 20.3 Å². The van der Waals surface area contributed by atoms with Crippen molar-refractivity contribution < 1.29 is 4.79 Å². The molecule has 1 aromatic heterocycles. The summed E-state index contributed by atoms with van der Waals surface area (Å²) in [6, 6.07) is 2.97. The molecule has 5 nitrogen and oxygen atoms in total. The molecule has 1 amide bonds. The molecule has 0 saturated carbocycles. The highest BCUT2D eigenvalue weighted by atomic mass is 16.2. The van der Waals surface area contributed by atoms with Crippen LogP contribution in [0.5, 0.6) is 0 Å². The summed E-state index contributed by atoms with van der Waals surface area (Å²) in [6.45, 7) is 8.57. The molecular weight excluding hydrogens is 266 g/mol. The van der Waals surface area contributed by atoms with Crippen LogP contribution in [0.2, 0.25) is 0 Å². The first-order valence-corrected chi connectivity index (χ1v) is 7.62. The third-order valence-electron chi connectivity index (χ3n) is 3.90. The number of hydrogen-bond acceptors (Lipinski definition) is 3. The molecule has 5 heteroatoms. The Morgan fingerprint density at radius 3 is 2.86 bits per heavy atom. The molecular formula is C16H25N3O2. The SMILES string of the molecule is CC(C)CN1CCC(CN(C)C(=O)c2ccc(=O)[nH]c2)C1. The second kappa shape index (κ2) is 6.89. The van der Waals surface area contributed by atoms with Crippen LogP contribution in [-0.4, -0.2) is 53.9 Å². The molecule has 2 heterocycles. The van der Waals surface area contributed by atoms with Gasteiger partial charge in [0, 0.05) is 38.9 Å². The largest absolute Gasteiger partial charge is 0.341 e. The minimum atomic E-state index is -0.186. The molecule has 1 aromatic rings. The molecule has 1 atom stereocenters. The minimum absolute atomic E-state index is 0.0337. The van der Waals surface area contributed by atoms with Crippen LogP contribution < -0.4 is 5.56 Å². The molecule has 116 valence electrons. The number of aromatic amines is 1. The van der Waals surface area contributed by atoms with Gasteiger partial charge in [0.2, 0.25) is 5.56 Å². The smallest absolute Gasteiger partial charge is 0.255 e. The Kier molecular flexibility index (Phi) is 5.17. The summed E-state index contributed by atoms with van der Waals surface area (Å²) in [6.07, 6.45) is 2.64. The molecule has 2 rings (SSSR count). The van der Waals surface area contributed by atoms with Crippen LogP contribution >= 0.6 is 0 Å². The predicted octanol–water partition coefficient (Wildman–Crippen LogP) is 1.42. The molecule has 0 spiro atoms. The maximum absolute atomic E-state index is 12.3. The highest BCUT2D eigenvalue weighted by molar-refractivity contribution is 5.93. The van der Waals surface area contributed by atoms with Crippen LogP contribution in [0.25, 0.3) is 0 Å². The zero-order valence-electron chi connectivity index (χ0n) is 13.1. The molecule has 1 fully saturated rings. The predicted molar refractivity (Wildman–Crippen MR) is 83.4 cm³/mol. The normalized spacial score (nSPS) is 19.1. The summed E-state index contributed by atoms with van der Waals surface area (Å²) in [7, 11) is 1.83. The van der Waals surface area contributed by atoms with Crippen LogP contribution in [0, 0.1) is 11.8 Å². The first-order valence-electron chi connectivity index (χ1n) is 7.62. The van der Waals surface area contributed by atoms with Crippen molar-refractivity contribution in [3.63, 3.8) is 0 Å². The van der Waals surface area contributed by atoms with Crippen molar-refractivity contribution in [1.29, 1.82) is 0 Å². The van der Waals surface area contributed by atoms with Gasteiger partial charge in [-0.1, -0.05) is 13.8 Å². The van der Waals surface area contributed by atoms with Crippen molar-refractivity contribution in [2.75, 3.05) is 33.2 Å². The average Bonchev–Trinajstić information content (AvgIpc) is 2.85. The molecule has 1 saturated heterocycles. The standard InChI is InChI=1S/C16H25N3O2/c1-12(2)9-19-7-6-13(11-19)10-18(3)16(21)14-4-5-15(20)17-8-14/h4-5,8,12-13H,6-7,9-11H2,1-3H3,(H,17,20). The van der Waals surface area contributed by atoms with Gasteiger partial charge in [-0.2, -0.15) is 0 Å². The van der Waals surface area contributed by atoms with E-state index >= 15 is 0 Å². The van der Waals surface area contributed by atoms with Crippen molar-refractivity contribution in [3.05, 3.63) is 34.2 Å². The molecule has 1 unspecified atom stereocenters. The van der Waals surface area contributed by atoms with Crippen LogP contribution in [-0.2, 0) is 0 Å². The molecule has 1 N–H and O–H groups in total. The van der Waals surface area contributed by atoms with E-state index < -0.39 is 0 Å². The number of amides is 1. The van der Waals surface area contributed by atoms with Crippen molar-refractivity contribution in [2.24, 2.45) is 11.8 Å². The fraction of sp³-hybridized carbons (Fsp3) is 0.625. The number of carbonyl (C=O) groups is 1. The summed E-state index contributed by atoms with van der Waals surface area (Å²) in [4.78, 5) is 30.1. The van der Waals surface area contributed by atoms with Gasteiger partial charge < -0.3 is 14.8 Å². The van der Waals surface area contributed by atoms with Gasteiger partial charge >= 0.3 is 0 Å². The van der Waals surface area contributed by atoms with Crippen LogP contribution in [0.3, 0.4) is 0 Å². The van der Waals surface area contributed by atoms with Gasteiger partial charge in [-0.15, -0.1) is 0 Å². The molecule has 1 aliphatic rings. The van der Waals surface area contributed by atoms with Gasteiger partial charge in [-0.25, -0.2) is 0 Å². The molecule has 0 radical (unpaired) electrons. The van der Waals surface area contributed by atoms with Crippen molar-refractivity contribution in [1.82, 2.24) is 14.8 Å². The zero-order valence-corrected chi connectivity index (χ0v) is 13.1. The third kappa shape index (κ3) is 4.43. The third-order valence-corrected chi connectivity index (χ3v) is 3.90. The number of carbonyl (C=O) groups excluding carboxylic acids is 1. The molecule has 0 bridgehead atoms. The van der Waals surface area contributed by atoms with E-state index in [2.05, 4.69) is 23.7 Å². The number of nitrogens with one attached hydrogen (secondary N) is 1. The monoisotopic (exact) mass is 291 g/mol. The number of hydrogen-bond donors (Lipinski definition) is 1. The minimum Gasteiger partial charge on any atom is -0.341 e. The van der Waals surface area contributed by atoms with Gasteiger partial charge in [0.05, 0.1) is 5.56 Å². The summed E-state index contributed by atoms with van der Waals surface area (Å²) in [5.74, 6) is 1.19. The summed E-state index contributed by atoms with van der Waals surface area (Å²) >= 11 is 0. The lowest BCUT2D eigenvalue weighted by Gasteiger charge is -2.22. The Bertz CT molecular complexity index is 518. The lowest BCUT2D eigenvalue weighted by molar-refractivity contribution is 0.0772. The van der Waals surface area contributed by atoms with Gasteiger partial charge in [-0.05, 0) is 30.9 Å². The molecule has 0 aromatic carbocycles. The van der Waals surface area contributed by atoms with E-state index in [1.165, 1.54) is 12.3 Å². The topological polar surface area (TPSA) is 56.4 Å². The average molecular weight is 291 g/mol. The van der Waals surface area contributed by atoms with Gasteiger partial charge in [-0.3, -0.25) is 9.59 Å². The summed E-state index contributed by atoms with van der Waals surface area (Å²) in [5, 5.41) is 0. The van der Waals surface area contributed by atoms with Gasteiger partial charge in [0.15, 0.2) is 0 Å². The Labute approximate surface area is 126 Å². The van der Waals surface area contributed by atoms with E-state index in [0.29, 0.717) is 17.4 Å². The second-order valence-corrected chi connectivity index (χ2v) is 6.44. The van der Waals surface area contributed by atoms with Crippen LogP contribution in [0.15, 0.2) is 23.1 Å². The highest BCUT2D eigenvalue weighted by Gasteiger charge is 2.25. The number of likely N-dealkylation sites (tertiary alicyclic amines) is 1. The quantitative estimate of drug-likeness (QED) is 0.893. The number of nitrogens with zero attached hydrogens (tertiary/aromatic N) is 2. The Morgan fingerprint density at radius 1 is 1.48 bits per heavy atom. The van der Waals surface area contributed by atoms with E-state index in [4.69, 9.17) is 0 Å². The fourth-order valence-electron chi connectivity index (χ4n) is 2.98. The molecule has 21 heavy (non-hydrogen) atoms. The summed E-state index contributed by atoms with van der Waals surface area (Å²) < 4.78 is 0. The van der Waals surface area contributed by atoms with Gasteiger partial charge in [0.1, 0.15) is 0 Å². The van der Waals surface area contributed by atoms with Gasteiger partial charge in [0.25, 0.3) is 5.91 Å². The highest BCUT2D eigenvalue weighted by Crippen LogP contribution is 2.18. The van der Waals surface area contributed by atoms with Crippen molar-refractivity contribution in [3.8, 4) is 0 Å². The van der Waals surface area contributed by atoms with Crippen LogP contribution in [0.1, 0.15) is 30.6 Å². The first-order chi connectivity index (χ1) is 9.95. The first kappa shape index (κ1) is 15.8. The fourth-order valence-corrected chi connectivity index (χ4v) is 2.98. The Morgan fingerprint density at radius 2 is 2.24 bits per heavy atom. The zero-order chi connectivity index (χ0) is 15.4. The summed E-state index contributed by atoms with van der Waals surface area (Å²) in [5.41, 5.74) is 0.350. The maximum atomic E-state index is 12.3. The van der Waals surface area contributed by atoms with E-state index in [-0.39, 0.29) is 11.5 Å². The van der Waals surface area contributed by atoms with Crippen LogP contribution in [0.4, 0.5) is 0 Å². The van der Waals surface area contributed by atoms with E-state index in [9.17, 15) is 9.59 Å². The number of rotatable bonds is 5. The Balaban J connectivity index is 1.87. The molecule has 0 aliphatic carbocycles. The molecule has 1 aliphatic heterocycles. The Hall–Kier alpha value is -1.62. The second-order valence-electron chi connectivity index (χ2n) is 6.44. The van der Waals surface area contributed by atoms with E-state index in [1.807, 2.05) is 7.05 Å². The number of H-pyrrole nitrogens is 1. The van der Waals surface area contributed by atoms with Crippen molar-refractivity contribution >= 4 is 5.91 Å². The number of aromatic nitrogens is 1. The van der Waals surface area contributed by atoms with E-state index in [1.54, 1.807) is 11.0 Å². The lowest BCUT2D eigenvalue weighted by atomic mass is 10.1.